The normalized spacial score (nSPS) is 13.0. The summed E-state index contributed by atoms with van der Waals surface area (Å²) < 4.78 is 32.6. The lowest BCUT2D eigenvalue weighted by molar-refractivity contribution is -0.385. The highest BCUT2D eigenvalue weighted by atomic mass is 35.5. The fraction of sp³-hybridized carbons (Fsp3) is 0.250. The largest absolute Gasteiger partial charge is 0.495 e. The first kappa shape index (κ1) is 20.1. The molecule has 0 bridgehead atoms. The molecule has 1 heterocycles. The first-order chi connectivity index (χ1) is 11.9. The van der Waals surface area contributed by atoms with Crippen molar-refractivity contribution in [2.24, 2.45) is 0 Å². The number of nitrogens with zero attached hydrogens (tertiary/aromatic N) is 1. The molecule has 0 saturated heterocycles. The molecule has 0 aliphatic carbocycles. The highest BCUT2D eigenvalue weighted by Gasteiger charge is 2.22. The monoisotopic (exact) mass is 399 g/mol. The SMILES string of the molecule is COc1cc([N+](=O)[O-])ccc1S(=O)(=O)NCc1ccc2c(c1)CNC2.Cl. The predicted molar refractivity (Wildman–Crippen MR) is 97.9 cm³/mol. The molecule has 0 fully saturated rings. The summed E-state index contributed by atoms with van der Waals surface area (Å²) in [5, 5.41) is 14.0. The molecule has 8 nitrogen and oxygen atoms in total. The van der Waals surface area contributed by atoms with Gasteiger partial charge in [-0.1, -0.05) is 18.2 Å². The van der Waals surface area contributed by atoms with Gasteiger partial charge in [0.05, 0.1) is 18.1 Å². The molecule has 0 unspecified atom stereocenters. The number of rotatable bonds is 6. The number of benzene rings is 2. The van der Waals surface area contributed by atoms with Crippen molar-refractivity contribution in [2.45, 2.75) is 24.5 Å². The van der Waals surface area contributed by atoms with E-state index < -0.39 is 14.9 Å². The van der Waals surface area contributed by atoms with Crippen molar-refractivity contribution in [1.29, 1.82) is 0 Å². The average molecular weight is 400 g/mol. The topological polar surface area (TPSA) is 111 Å². The molecular weight excluding hydrogens is 382 g/mol. The van der Waals surface area contributed by atoms with E-state index >= 15 is 0 Å². The van der Waals surface area contributed by atoms with Crippen LogP contribution >= 0.6 is 12.4 Å². The highest BCUT2D eigenvalue weighted by molar-refractivity contribution is 7.89. The summed E-state index contributed by atoms with van der Waals surface area (Å²) in [5.41, 5.74) is 2.97. The molecule has 2 aromatic rings. The van der Waals surface area contributed by atoms with Crippen molar-refractivity contribution in [3.63, 3.8) is 0 Å². The van der Waals surface area contributed by atoms with E-state index in [9.17, 15) is 18.5 Å². The maximum absolute atomic E-state index is 12.5. The molecule has 2 N–H and O–H groups in total. The first-order valence-corrected chi connectivity index (χ1v) is 9.02. The molecule has 0 atom stereocenters. The summed E-state index contributed by atoms with van der Waals surface area (Å²) in [6, 6.07) is 9.22. The van der Waals surface area contributed by atoms with Crippen molar-refractivity contribution in [1.82, 2.24) is 10.0 Å². The van der Waals surface area contributed by atoms with E-state index in [2.05, 4.69) is 10.0 Å². The van der Waals surface area contributed by atoms with Crippen LogP contribution in [0.15, 0.2) is 41.3 Å². The van der Waals surface area contributed by atoms with Gasteiger partial charge in [0, 0.05) is 25.7 Å². The first-order valence-electron chi connectivity index (χ1n) is 7.54. The lowest BCUT2D eigenvalue weighted by atomic mass is 10.1. The molecule has 10 heteroatoms. The Morgan fingerprint density at radius 3 is 2.62 bits per heavy atom. The van der Waals surface area contributed by atoms with Crippen LogP contribution in [0.1, 0.15) is 16.7 Å². The van der Waals surface area contributed by atoms with Crippen LogP contribution in [0.25, 0.3) is 0 Å². The van der Waals surface area contributed by atoms with Crippen LogP contribution in [-0.4, -0.2) is 20.5 Å². The van der Waals surface area contributed by atoms with Crippen LogP contribution in [-0.2, 0) is 29.7 Å². The zero-order valence-electron chi connectivity index (χ0n) is 13.9. The number of sulfonamides is 1. The van der Waals surface area contributed by atoms with Gasteiger partial charge in [-0.2, -0.15) is 0 Å². The van der Waals surface area contributed by atoms with Crippen LogP contribution in [0.5, 0.6) is 5.75 Å². The van der Waals surface area contributed by atoms with Crippen LogP contribution in [0.4, 0.5) is 5.69 Å². The van der Waals surface area contributed by atoms with E-state index in [1.54, 1.807) is 0 Å². The standard InChI is InChI=1S/C16H17N3O5S.ClH/c1-24-15-7-14(19(20)21)4-5-16(15)25(22,23)18-8-11-2-3-12-9-17-10-13(12)6-11;/h2-7,17-18H,8-10H2,1H3;1H. The number of nitro groups is 1. The van der Waals surface area contributed by atoms with Gasteiger partial charge in [0.25, 0.3) is 5.69 Å². The van der Waals surface area contributed by atoms with Gasteiger partial charge in [-0.3, -0.25) is 10.1 Å². The number of fused-ring (bicyclic) bond motifs is 1. The Bertz CT molecular complexity index is 933. The van der Waals surface area contributed by atoms with Gasteiger partial charge in [-0.25, -0.2) is 13.1 Å². The zero-order chi connectivity index (χ0) is 18.0. The second kappa shape index (κ2) is 8.00. The maximum Gasteiger partial charge on any atom is 0.273 e. The minimum atomic E-state index is -3.87. The molecule has 0 spiro atoms. The molecule has 1 aliphatic rings. The van der Waals surface area contributed by atoms with E-state index in [0.29, 0.717) is 0 Å². The predicted octanol–water partition coefficient (Wildman–Crippen LogP) is 2.11. The van der Waals surface area contributed by atoms with E-state index in [1.807, 2.05) is 18.2 Å². The molecule has 140 valence electrons. The Labute approximate surface area is 157 Å². The molecule has 0 radical (unpaired) electrons. The minimum absolute atomic E-state index is 0. The number of hydrogen-bond donors (Lipinski definition) is 2. The number of methoxy groups -OCH3 is 1. The van der Waals surface area contributed by atoms with Gasteiger partial charge >= 0.3 is 0 Å². The Hall–Kier alpha value is -2.20. The number of halogens is 1. The summed E-state index contributed by atoms with van der Waals surface area (Å²) in [6.45, 7) is 1.71. The van der Waals surface area contributed by atoms with Gasteiger partial charge in [0.2, 0.25) is 10.0 Å². The van der Waals surface area contributed by atoms with Crippen molar-refractivity contribution < 1.29 is 18.1 Å². The number of nitrogens with one attached hydrogen (secondary N) is 2. The summed E-state index contributed by atoms with van der Waals surface area (Å²) >= 11 is 0. The van der Waals surface area contributed by atoms with Crippen LogP contribution in [0, 0.1) is 10.1 Å². The Morgan fingerprint density at radius 2 is 1.92 bits per heavy atom. The number of ether oxygens (including phenoxy) is 1. The fourth-order valence-electron chi connectivity index (χ4n) is 2.71. The van der Waals surface area contributed by atoms with E-state index in [0.717, 1.165) is 36.3 Å². The second-order valence-electron chi connectivity index (χ2n) is 5.62. The molecule has 1 aliphatic heterocycles. The van der Waals surface area contributed by atoms with Gasteiger partial charge in [0.1, 0.15) is 10.6 Å². The minimum Gasteiger partial charge on any atom is -0.495 e. The molecule has 3 rings (SSSR count). The molecule has 0 amide bonds. The third-order valence-electron chi connectivity index (χ3n) is 4.02. The molecule has 2 aromatic carbocycles. The zero-order valence-corrected chi connectivity index (χ0v) is 15.5. The quantitative estimate of drug-likeness (QED) is 0.568. The van der Waals surface area contributed by atoms with Crippen LogP contribution in [0.2, 0.25) is 0 Å². The number of non-ortho nitro benzene ring substituents is 1. The van der Waals surface area contributed by atoms with Crippen molar-refractivity contribution in [3.8, 4) is 5.75 Å². The van der Waals surface area contributed by atoms with Crippen LogP contribution < -0.4 is 14.8 Å². The van der Waals surface area contributed by atoms with Crippen LogP contribution in [0.3, 0.4) is 0 Å². The van der Waals surface area contributed by atoms with Gasteiger partial charge in [-0.15, -0.1) is 12.4 Å². The summed E-state index contributed by atoms with van der Waals surface area (Å²) in [7, 11) is -2.60. The van der Waals surface area contributed by atoms with Crippen molar-refractivity contribution in [2.75, 3.05) is 7.11 Å². The smallest absolute Gasteiger partial charge is 0.273 e. The van der Waals surface area contributed by atoms with E-state index in [1.165, 1.54) is 18.7 Å². The van der Waals surface area contributed by atoms with E-state index in [4.69, 9.17) is 4.74 Å². The van der Waals surface area contributed by atoms with Gasteiger partial charge in [0.15, 0.2) is 0 Å². The van der Waals surface area contributed by atoms with Crippen molar-refractivity contribution in [3.05, 3.63) is 63.2 Å². The highest BCUT2D eigenvalue weighted by Crippen LogP contribution is 2.28. The van der Waals surface area contributed by atoms with Crippen molar-refractivity contribution >= 4 is 28.1 Å². The van der Waals surface area contributed by atoms with E-state index in [-0.39, 0.29) is 35.3 Å². The Morgan fingerprint density at radius 1 is 1.19 bits per heavy atom. The summed E-state index contributed by atoms with van der Waals surface area (Å²) in [5.74, 6) is -0.0696. The lowest BCUT2D eigenvalue weighted by Gasteiger charge is -2.11. The Kier molecular flexibility index (Phi) is 6.19. The fourth-order valence-corrected chi connectivity index (χ4v) is 3.87. The lowest BCUT2D eigenvalue weighted by Crippen LogP contribution is -2.24. The molecule has 0 saturated carbocycles. The maximum atomic E-state index is 12.5. The summed E-state index contributed by atoms with van der Waals surface area (Å²) in [4.78, 5) is 10.1. The molecular formula is C16H18ClN3O5S. The van der Waals surface area contributed by atoms with Gasteiger partial charge in [-0.05, 0) is 22.8 Å². The number of hydrogen-bond acceptors (Lipinski definition) is 6. The molecule has 0 aromatic heterocycles. The average Bonchev–Trinajstić information content (AvgIpc) is 3.07. The Balaban J connectivity index is 0.00000243. The third kappa shape index (κ3) is 4.13. The number of nitro benzene ring substituents is 1. The summed E-state index contributed by atoms with van der Waals surface area (Å²) in [6.07, 6.45) is 0. The molecule has 26 heavy (non-hydrogen) atoms. The second-order valence-corrected chi connectivity index (χ2v) is 7.36. The van der Waals surface area contributed by atoms with Gasteiger partial charge < -0.3 is 10.1 Å². The third-order valence-corrected chi connectivity index (χ3v) is 5.46.